The number of carbonyl (C=O) groups is 3. The monoisotopic (exact) mass is 366 g/mol. The zero-order valence-electron chi connectivity index (χ0n) is 10.6. The number of likely N-dealkylation sites (N-methyl/N-ethyl adjacent to an activating group) is 1. The zero-order chi connectivity index (χ0) is 12.9. The average Bonchev–Trinajstić information content (AvgIpc) is 2.46. The number of ketones is 1. The fraction of sp³-hybridized carbons (Fsp3) is 0.500. The lowest BCUT2D eigenvalue weighted by Gasteiger charge is -2.18. The second-order valence-corrected chi connectivity index (χ2v) is 4.28. The maximum absolute atomic E-state index is 12.1. The molecule has 2 N–H and O–H groups in total. The van der Waals surface area contributed by atoms with E-state index >= 15 is 0 Å². The largest absolute Gasteiger partial charge is 1.00 e. The second-order valence-electron chi connectivity index (χ2n) is 4.28. The van der Waals surface area contributed by atoms with E-state index in [1.807, 2.05) is 0 Å². The minimum Gasteiger partial charge on any atom is -1.00 e. The van der Waals surface area contributed by atoms with Crippen LogP contribution in [0.5, 0.6) is 0 Å². The quantitative estimate of drug-likeness (QED) is 0.424. The van der Waals surface area contributed by atoms with E-state index < -0.39 is 6.04 Å². The van der Waals surface area contributed by atoms with Crippen LogP contribution in [-0.4, -0.2) is 54.8 Å². The van der Waals surface area contributed by atoms with Crippen LogP contribution >= 0.6 is 0 Å². The Morgan fingerprint density at radius 2 is 1.72 bits per heavy atom. The molecule has 7 nitrogen and oxygen atoms in total. The number of halogens is 1. The maximum atomic E-state index is 12.1. The summed E-state index contributed by atoms with van der Waals surface area (Å²) in [6, 6.07) is -1.24. The molecule has 2 rings (SSSR count). The summed E-state index contributed by atoms with van der Waals surface area (Å²) in [5.41, 5.74) is 0.292. The first-order chi connectivity index (χ1) is 7.86. The van der Waals surface area contributed by atoms with E-state index in [1.54, 1.807) is 28.1 Å². The van der Waals surface area contributed by atoms with E-state index in [0.717, 1.165) is 0 Å². The Balaban J connectivity index is 0.00000162. The van der Waals surface area contributed by atoms with Crippen molar-refractivity contribution in [3.05, 3.63) is 11.5 Å². The number of quaternary nitrogens is 1. The van der Waals surface area contributed by atoms with Crippen molar-refractivity contribution in [2.75, 3.05) is 21.1 Å². The molecule has 0 aliphatic carbocycles. The van der Waals surface area contributed by atoms with E-state index in [9.17, 15) is 14.4 Å². The number of rotatable bonds is 0. The Hall–Kier alpha value is -1.16. The van der Waals surface area contributed by atoms with Gasteiger partial charge in [-0.2, -0.15) is 0 Å². The van der Waals surface area contributed by atoms with Gasteiger partial charge in [0.25, 0.3) is 0 Å². The van der Waals surface area contributed by atoms with Crippen LogP contribution in [0.1, 0.15) is 6.92 Å². The van der Waals surface area contributed by atoms with E-state index in [2.05, 4.69) is 5.32 Å². The molecule has 0 aromatic heterocycles. The maximum Gasteiger partial charge on any atom is 0.428 e. The lowest BCUT2D eigenvalue weighted by atomic mass is 10.1. The highest BCUT2D eigenvalue weighted by molar-refractivity contribution is 6.05. The lowest BCUT2D eigenvalue weighted by Crippen LogP contribution is -3.10. The molecular formula is C10H15IN4O3. The van der Waals surface area contributed by atoms with E-state index in [1.165, 1.54) is 9.80 Å². The number of Topliss-reactive ketones (excluding diaryl/α,β-unsaturated/α-hetero) is 1. The lowest BCUT2D eigenvalue weighted by molar-refractivity contribution is -0.755. The highest BCUT2D eigenvalue weighted by atomic mass is 127. The molecule has 2 heterocycles. The molecule has 0 aromatic rings. The SMILES string of the molecule is C[C@H]1NC(=O)N(C)C2=C(C1=O)N(C)C(=O)[NH+]2C.[I-]. The zero-order valence-corrected chi connectivity index (χ0v) is 12.7. The van der Waals surface area contributed by atoms with Crippen LogP contribution in [0.15, 0.2) is 11.5 Å². The summed E-state index contributed by atoms with van der Waals surface area (Å²) in [6.07, 6.45) is 0. The molecule has 1 unspecified atom stereocenters. The van der Waals surface area contributed by atoms with Crippen molar-refractivity contribution in [2.45, 2.75) is 13.0 Å². The van der Waals surface area contributed by atoms with Gasteiger partial charge < -0.3 is 29.3 Å². The molecule has 0 saturated carbocycles. The predicted octanol–water partition coefficient (Wildman–Crippen LogP) is -4.65. The number of hydrogen-bond acceptors (Lipinski definition) is 3. The molecule has 0 saturated heterocycles. The van der Waals surface area contributed by atoms with Crippen LogP contribution in [-0.2, 0) is 4.79 Å². The molecule has 100 valence electrons. The number of carbonyl (C=O) groups excluding carboxylic acids is 3. The minimum absolute atomic E-state index is 0. The third-order valence-corrected chi connectivity index (χ3v) is 3.15. The van der Waals surface area contributed by atoms with E-state index in [-0.39, 0.29) is 41.8 Å². The van der Waals surface area contributed by atoms with Gasteiger partial charge >= 0.3 is 12.1 Å². The first-order valence-corrected chi connectivity index (χ1v) is 5.31. The molecule has 8 heteroatoms. The summed E-state index contributed by atoms with van der Waals surface area (Å²) < 4.78 is 0. The van der Waals surface area contributed by atoms with E-state index in [0.29, 0.717) is 16.4 Å². The van der Waals surface area contributed by atoms with Crippen LogP contribution in [0.3, 0.4) is 0 Å². The third-order valence-electron chi connectivity index (χ3n) is 3.15. The molecule has 0 fully saturated rings. The Kier molecular flexibility index (Phi) is 4.01. The average molecular weight is 366 g/mol. The van der Waals surface area contributed by atoms with Crippen LogP contribution in [0.4, 0.5) is 9.59 Å². The first-order valence-electron chi connectivity index (χ1n) is 5.31. The van der Waals surface area contributed by atoms with Gasteiger partial charge in [-0.1, -0.05) is 0 Å². The summed E-state index contributed by atoms with van der Waals surface area (Å²) in [5.74, 6) is 0.162. The molecule has 2 aliphatic heterocycles. The molecule has 0 radical (unpaired) electrons. The van der Waals surface area contributed by atoms with Gasteiger partial charge in [0.05, 0.1) is 13.1 Å². The highest BCUT2D eigenvalue weighted by Crippen LogP contribution is 2.18. The summed E-state index contributed by atoms with van der Waals surface area (Å²) in [6.45, 7) is 1.61. The Morgan fingerprint density at radius 1 is 1.17 bits per heavy atom. The highest BCUT2D eigenvalue weighted by Gasteiger charge is 2.48. The van der Waals surface area contributed by atoms with Gasteiger partial charge in [0, 0.05) is 14.1 Å². The Labute approximate surface area is 122 Å². The van der Waals surface area contributed by atoms with Gasteiger partial charge in [-0.25, -0.2) is 19.4 Å². The fourth-order valence-corrected chi connectivity index (χ4v) is 2.14. The van der Waals surface area contributed by atoms with Crippen LogP contribution in [0.2, 0.25) is 0 Å². The van der Waals surface area contributed by atoms with Crippen molar-refractivity contribution in [3.8, 4) is 0 Å². The van der Waals surface area contributed by atoms with Crippen molar-refractivity contribution >= 4 is 17.8 Å². The molecule has 2 atom stereocenters. The molecule has 0 aromatic carbocycles. The second kappa shape index (κ2) is 4.84. The van der Waals surface area contributed by atoms with Crippen molar-refractivity contribution in [2.24, 2.45) is 0 Å². The standard InChI is InChI=1S/C10H14N4O3.HI/c1-5-7(15)6-8(13(3)9(16)11-5)14(4)10(17)12(6)2;/h5H,1-4H3,(H,11,16);1H/t5-;/m1./s1. The molecule has 0 spiro atoms. The number of amides is 4. The summed E-state index contributed by atoms with van der Waals surface area (Å²) in [5, 5.41) is 2.57. The summed E-state index contributed by atoms with van der Waals surface area (Å²) in [4.78, 5) is 38.7. The van der Waals surface area contributed by atoms with Crippen LogP contribution in [0, 0.1) is 0 Å². The number of nitrogens with one attached hydrogen (secondary N) is 2. The van der Waals surface area contributed by atoms with Crippen molar-refractivity contribution < 1.29 is 43.3 Å². The molecule has 0 bridgehead atoms. The predicted molar refractivity (Wildman–Crippen MR) is 57.8 cm³/mol. The first kappa shape index (κ1) is 14.9. The van der Waals surface area contributed by atoms with Crippen molar-refractivity contribution in [1.29, 1.82) is 0 Å². The summed E-state index contributed by atoms with van der Waals surface area (Å²) in [7, 11) is 4.71. The van der Waals surface area contributed by atoms with Gasteiger partial charge in [0.15, 0.2) is 5.70 Å². The molecular weight excluding hydrogens is 351 g/mol. The minimum atomic E-state index is -0.626. The molecule has 2 aliphatic rings. The van der Waals surface area contributed by atoms with Crippen molar-refractivity contribution in [3.63, 3.8) is 0 Å². The van der Waals surface area contributed by atoms with Crippen molar-refractivity contribution in [1.82, 2.24) is 15.1 Å². The van der Waals surface area contributed by atoms with Gasteiger partial charge in [0.1, 0.15) is 0 Å². The Bertz CT molecular complexity index is 462. The molecule has 18 heavy (non-hydrogen) atoms. The van der Waals surface area contributed by atoms with Gasteiger partial charge in [-0.3, -0.25) is 9.69 Å². The fourth-order valence-electron chi connectivity index (χ4n) is 2.14. The normalized spacial score (nSPS) is 27.9. The van der Waals surface area contributed by atoms with Gasteiger partial charge in [-0.05, 0) is 6.92 Å². The van der Waals surface area contributed by atoms with Gasteiger partial charge in [0.2, 0.25) is 11.6 Å². The van der Waals surface area contributed by atoms with Gasteiger partial charge in [-0.15, -0.1) is 0 Å². The smallest absolute Gasteiger partial charge is 0.428 e. The molecule has 4 amide bonds. The number of hydrogen-bond donors (Lipinski definition) is 2. The van der Waals surface area contributed by atoms with Crippen LogP contribution < -0.4 is 34.2 Å². The number of nitrogens with zero attached hydrogens (tertiary/aromatic N) is 2. The summed E-state index contributed by atoms with van der Waals surface area (Å²) >= 11 is 0. The van der Waals surface area contributed by atoms with E-state index in [4.69, 9.17) is 0 Å². The Morgan fingerprint density at radius 3 is 2.28 bits per heavy atom. The third kappa shape index (κ3) is 1.88. The number of urea groups is 2. The van der Waals surface area contributed by atoms with Crippen LogP contribution in [0.25, 0.3) is 0 Å². The topological polar surface area (TPSA) is 74.2 Å².